The number of aliphatic imine (C=N–C) groups is 1. The van der Waals surface area contributed by atoms with Crippen LogP contribution < -0.4 is 10.1 Å². The van der Waals surface area contributed by atoms with Crippen LogP contribution in [0.15, 0.2) is 35.3 Å². The number of halogens is 2. The van der Waals surface area contributed by atoms with Crippen LogP contribution in [0.1, 0.15) is 11.1 Å². The molecule has 0 aliphatic carbocycles. The third kappa shape index (κ3) is 3.93. The van der Waals surface area contributed by atoms with E-state index in [1.54, 1.807) is 25.5 Å². The lowest BCUT2D eigenvalue weighted by molar-refractivity contribution is 0.472. The van der Waals surface area contributed by atoms with Crippen molar-refractivity contribution in [1.29, 1.82) is 0 Å². The van der Waals surface area contributed by atoms with Crippen molar-refractivity contribution in [1.82, 2.24) is 0 Å². The molecular weight excluding hydrogens is 382 g/mol. The smallest absolute Gasteiger partial charge is 0.140 e. The Balaban J connectivity index is 2.28. The van der Waals surface area contributed by atoms with Crippen LogP contribution in [0.2, 0.25) is 0 Å². The maximum absolute atomic E-state index is 13.6. The van der Waals surface area contributed by atoms with Crippen LogP contribution >= 0.6 is 22.6 Å². The standard InChI is InChI=1S/C16H16FIN2O/c1-10-7-16(11(2)6-15(10)20-9-19-3)21-12-4-5-14(18)13(17)8-12/h4-9H,1-3H3,(H,19,20). The summed E-state index contributed by atoms with van der Waals surface area (Å²) >= 11 is 1.95. The number of hydrogen-bond acceptors (Lipinski definition) is 2. The molecule has 0 spiro atoms. The maximum Gasteiger partial charge on any atom is 0.140 e. The van der Waals surface area contributed by atoms with Crippen molar-refractivity contribution in [3.8, 4) is 11.5 Å². The van der Waals surface area contributed by atoms with E-state index in [1.165, 1.54) is 6.07 Å². The molecule has 0 fully saturated rings. The Morgan fingerprint density at radius 2 is 1.95 bits per heavy atom. The average Bonchev–Trinajstić information content (AvgIpc) is 2.45. The fourth-order valence-electron chi connectivity index (χ4n) is 1.86. The van der Waals surface area contributed by atoms with E-state index in [0.29, 0.717) is 15.1 Å². The van der Waals surface area contributed by atoms with Crippen LogP contribution in [0, 0.1) is 23.2 Å². The van der Waals surface area contributed by atoms with Gasteiger partial charge in [-0.05, 0) is 71.8 Å². The first-order valence-corrected chi connectivity index (χ1v) is 7.50. The molecule has 5 heteroatoms. The summed E-state index contributed by atoms with van der Waals surface area (Å²) in [5.74, 6) is 0.929. The Morgan fingerprint density at radius 3 is 2.62 bits per heavy atom. The van der Waals surface area contributed by atoms with Gasteiger partial charge in [0.2, 0.25) is 0 Å². The minimum Gasteiger partial charge on any atom is -0.457 e. The first-order valence-electron chi connectivity index (χ1n) is 6.42. The van der Waals surface area contributed by atoms with Gasteiger partial charge in [-0.1, -0.05) is 0 Å². The van der Waals surface area contributed by atoms with Crippen molar-refractivity contribution in [3.05, 3.63) is 50.8 Å². The number of aryl methyl sites for hydroxylation is 2. The molecule has 2 aromatic rings. The minimum absolute atomic E-state index is 0.278. The summed E-state index contributed by atoms with van der Waals surface area (Å²) in [5.41, 5.74) is 2.97. The topological polar surface area (TPSA) is 33.6 Å². The first kappa shape index (κ1) is 15.8. The van der Waals surface area contributed by atoms with Crippen molar-refractivity contribution in [2.45, 2.75) is 13.8 Å². The SMILES string of the molecule is CN=CNc1cc(C)c(Oc2ccc(I)c(F)c2)cc1C. The third-order valence-electron chi connectivity index (χ3n) is 2.99. The van der Waals surface area contributed by atoms with Gasteiger partial charge in [-0.2, -0.15) is 0 Å². The lowest BCUT2D eigenvalue weighted by Crippen LogP contribution is -1.99. The Hall–Kier alpha value is -1.63. The number of ether oxygens (including phenoxy) is 1. The fourth-order valence-corrected chi connectivity index (χ4v) is 2.19. The zero-order chi connectivity index (χ0) is 15.4. The van der Waals surface area contributed by atoms with E-state index >= 15 is 0 Å². The molecule has 0 amide bonds. The van der Waals surface area contributed by atoms with E-state index in [0.717, 1.165) is 16.8 Å². The van der Waals surface area contributed by atoms with Crippen molar-refractivity contribution in [2.24, 2.45) is 4.99 Å². The molecule has 0 aliphatic heterocycles. The highest BCUT2D eigenvalue weighted by molar-refractivity contribution is 14.1. The third-order valence-corrected chi connectivity index (χ3v) is 3.86. The van der Waals surface area contributed by atoms with Crippen molar-refractivity contribution >= 4 is 34.6 Å². The van der Waals surface area contributed by atoms with Gasteiger partial charge >= 0.3 is 0 Å². The van der Waals surface area contributed by atoms with Crippen molar-refractivity contribution < 1.29 is 9.13 Å². The molecule has 3 nitrogen and oxygen atoms in total. The van der Waals surface area contributed by atoms with Crippen LogP contribution in [-0.2, 0) is 0 Å². The maximum atomic E-state index is 13.6. The van der Waals surface area contributed by atoms with Crippen molar-refractivity contribution in [3.63, 3.8) is 0 Å². The van der Waals surface area contributed by atoms with E-state index < -0.39 is 0 Å². The molecule has 21 heavy (non-hydrogen) atoms. The molecule has 1 N–H and O–H groups in total. The summed E-state index contributed by atoms with van der Waals surface area (Å²) in [6, 6.07) is 8.76. The molecule has 0 unspecified atom stereocenters. The predicted molar refractivity (Wildman–Crippen MR) is 93.1 cm³/mol. The molecule has 0 bridgehead atoms. The van der Waals surface area contributed by atoms with Gasteiger partial charge in [0.05, 0.1) is 6.34 Å². The summed E-state index contributed by atoms with van der Waals surface area (Å²) in [4.78, 5) is 3.90. The molecule has 0 saturated carbocycles. The monoisotopic (exact) mass is 398 g/mol. The predicted octanol–water partition coefficient (Wildman–Crippen LogP) is 4.91. The summed E-state index contributed by atoms with van der Waals surface area (Å²) in [7, 11) is 1.71. The fraction of sp³-hybridized carbons (Fsp3) is 0.188. The zero-order valence-corrected chi connectivity index (χ0v) is 14.2. The largest absolute Gasteiger partial charge is 0.457 e. The quantitative estimate of drug-likeness (QED) is 0.451. The van der Waals surface area contributed by atoms with E-state index in [9.17, 15) is 4.39 Å². The van der Waals surface area contributed by atoms with Crippen LogP contribution in [0.4, 0.5) is 10.1 Å². The lowest BCUT2D eigenvalue weighted by Gasteiger charge is -2.13. The molecule has 0 radical (unpaired) electrons. The number of nitrogens with zero attached hydrogens (tertiary/aromatic N) is 1. The van der Waals surface area contributed by atoms with E-state index in [4.69, 9.17) is 4.74 Å². The van der Waals surface area contributed by atoms with Crippen LogP contribution in [-0.4, -0.2) is 13.4 Å². The number of nitrogens with one attached hydrogen (secondary N) is 1. The van der Waals surface area contributed by atoms with E-state index in [2.05, 4.69) is 10.3 Å². The molecular formula is C16H16FIN2O. The molecule has 0 aromatic heterocycles. The summed E-state index contributed by atoms with van der Waals surface area (Å²) in [6.45, 7) is 3.93. The van der Waals surface area contributed by atoms with E-state index in [1.807, 2.05) is 48.6 Å². The Bertz CT molecular complexity index is 686. The van der Waals surface area contributed by atoms with Gasteiger partial charge in [-0.25, -0.2) is 4.39 Å². The van der Waals surface area contributed by atoms with Gasteiger partial charge < -0.3 is 10.1 Å². The van der Waals surface area contributed by atoms with Gasteiger partial charge in [0, 0.05) is 22.4 Å². The molecule has 2 aromatic carbocycles. The van der Waals surface area contributed by atoms with Gasteiger partial charge in [0.15, 0.2) is 0 Å². The van der Waals surface area contributed by atoms with Gasteiger partial charge in [0.1, 0.15) is 17.3 Å². The second-order valence-corrected chi connectivity index (χ2v) is 5.80. The summed E-state index contributed by atoms with van der Waals surface area (Å²) in [6.07, 6.45) is 1.64. The Morgan fingerprint density at radius 1 is 1.19 bits per heavy atom. The summed E-state index contributed by atoms with van der Waals surface area (Å²) in [5, 5.41) is 3.10. The number of rotatable bonds is 4. The Kier molecular flexibility index (Phi) is 5.17. The minimum atomic E-state index is -0.278. The highest BCUT2D eigenvalue weighted by atomic mass is 127. The second kappa shape index (κ2) is 6.89. The molecule has 0 saturated heterocycles. The van der Waals surface area contributed by atoms with E-state index in [-0.39, 0.29) is 5.82 Å². The highest BCUT2D eigenvalue weighted by Gasteiger charge is 2.08. The lowest BCUT2D eigenvalue weighted by atomic mass is 10.1. The molecule has 2 rings (SSSR count). The van der Waals surface area contributed by atoms with Crippen molar-refractivity contribution in [2.75, 3.05) is 12.4 Å². The van der Waals surface area contributed by atoms with Gasteiger partial charge in [-0.15, -0.1) is 0 Å². The summed E-state index contributed by atoms with van der Waals surface area (Å²) < 4.78 is 19.9. The normalized spacial score (nSPS) is 10.9. The second-order valence-electron chi connectivity index (χ2n) is 4.64. The number of anilines is 1. The van der Waals surface area contributed by atoms with Gasteiger partial charge in [-0.3, -0.25) is 4.99 Å². The molecule has 0 heterocycles. The molecule has 0 aliphatic rings. The highest BCUT2D eigenvalue weighted by Crippen LogP contribution is 2.30. The van der Waals surface area contributed by atoms with Crippen LogP contribution in [0.3, 0.4) is 0 Å². The van der Waals surface area contributed by atoms with Crippen LogP contribution in [0.25, 0.3) is 0 Å². The number of hydrogen-bond donors (Lipinski definition) is 1. The first-order chi connectivity index (χ1) is 10.0. The number of benzene rings is 2. The molecule has 0 atom stereocenters. The molecule has 110 valence electrons. The zero-order valence-electron chi connectivity index (χ0n) is 12.1. The van der Waals surface area contributed by atoms with Crippen LogP contribution in [0.5, 0.6) is 11.5 Å². The average molecular weight is 398 g/mol. The Labute approximate surface area is 137 Å². The van der Waals surface area contributed by atoms with Gasteiger partial charge in [0.25, 0.3) is 0 Å².